The van der Waals surface area contributed by atoms with Crippen molar-refractivity contribution in [1.29, 1.82) is 0 Å². The lowest BCUT2D eigenvalue weighted by atomic mass is 10.3. The number of nitrogens with zero attached hydrogens (tertiary/aromatic N) is 2. The topological polar surface area (TPSA) is 50.4 Å². The number of hydrogen-bond acceptors (Lipinski definition) is 2. The van der Waals surface area contributed by atoms with E-state index in [9.17, 15) is 4.79 Å². The molecule has 0 bridgehead atoms. The van der Waals surface area contributed by atoms with Gasteiger partial charge in [0.2, 0.25) is 5.69 Å². The van der Waals surface area contributed by atoms with E-state index < -0.39 is 0 Å². The molecule has 0 aliphatic heterocycles. The highest BCUT2D eigenvalue weighted by Gasteiger charge is 2.29. The summed E-state index contributed by atoms with van der Waals surface area (Å²) in [5.41, 5.74) is 3.56. The summed E-state index contributed by atoms with van der Waals surface area (Å²) < 4.78 is 9.39. The van der Waals surface area contributed by atoms with Gasteiger partial charge in [0.15, 0.2) is 0 Å². The molecule has 22 heavy (non-hydrogen) atoms. The summed E-state index contributed by atoms with van der Waals surface area (Å²) in [5.74, 6) is 0.643. The van der Waals surface area contributed by atoms with Crippen LogP contribution < -0.4 is 17.0 Å². The number of fused-ring (bicyclic) bond motifs is 3. The summed E-state index contributed by atoms with van der Waals surface area (Å²) in [4.78, 5) is 15.6. The van der Waals surface area contributed by atoms with Crippen LogP contribution in [0.1, 0.15) is 36.5 Å². The van der Waals surface area contributed by atoms with Crippen LogP contribution in [-0.2, 0) is 11.3 Å². The molecule has 5 nitrogen and oxygen atoms in total. The van der Waals surface area contributed by atoms with Gasteiger partial charge in [0.25, 0.3) is 0 Å². The monoisotopic (exact) mass is 321 g/mol. The van der Waals surface area contributed by atoms with Crippen molar-refractivity contribution in [3.05, 3.63) is 35.7 Å². The maximum atomic E-state index is 12.3. The number of esters is 1. The van der Waals surface area contributed by atoms with Gasteiger partial charge in [-0.2, -0.15) is 4.40 Å². The first-order chi connectivity index (χ1) is 10.2. The Morgan fingerprint density at radius 2 is 2.05 bits per heavy atom. The van der Waals surface area contributed by atoms with Gasteiger partial charge in [-0.05, 0) is 32.4 Å². The fraction of sp³-hybridized carbons (Fsp3) is 0.375. The van der Waals surface area contributed by atoms with Crippen molar-refractivity contribution in [3.8, 4) is 0 Å². The van der Waals surface area contributed by atoms with Crippen molar-refractivity contribution in [2.75, 3.05) is 6.61 Å². The molecule has 6 heteroatoms. The van der Waals surface area contributed by atoms with Gasteiger partial charge in [0.1, 0.15) is 16.7 Å². The first-order valence-electron chi connectivity index (χ1n) is 7.37. The Balaban J connectivity index is 0.00000176. The van der Waals surface area contributed by atoms with E-state index in [0.29, 0.717) is 12.3 Å². The molecule has 3 aromatic rings. The van der Waals surface area contributed by atoms with Crippen LogP contribution in [0.25, 0.3) is 16.8 Å². The van der Waals surface area contributed by atoms with Crippen LogP contribution in [0.15, 0.2) is 24.3 Å². The number of ether oxygens (including phenoxy) is 1. The fourth-order valence-electron chi connectivity index (χ4n) is 2.87. The van der Waals surface area contributed by atoms with Gasteiger partial charge >= 0.3 is 11.7 Å². The average Bonchev–Trinajstić information content (AvgIpc) is 2.95. The Morgan fingerprint density at radius 3 is 2.73 bits per heavy atom. The minimum absolute atomic E-state index is 0. The zero-order chi connectivity index (χ0) is 15.0. The molecule has 0 spiro atoms. The number of H-pyrrole nitrogens is 1. The highest BCUT2D eigenvalue weighted by atomic mass is 35.5. The number of imidazole rings is 2. The van der Waals surface area contributed by atoms with Gasteiger partial charge < -0.3 is 17.1 Å². The van der Waals surface area contributed by atoms with Crippen molar-refractivity contribution >= 4 is 22.8 Å². The summed E-state index contributed by atoms with van der Waals surface area (Å²) in [6.45, 7) is 7.15. The van der Waals surface area contributed by atoms with Gasteiger partial charge in [0.05, 0.1) is 13.2 Å². The SMILES string of the molecule is CCC[n+]1c2ccccc2n2c(C(=O)OCC)c(C)[nH]c21.[Cl-]. The molecule has 0 saturated heterocycles. The molecule has 3 rings (SSSR count). The third-order valence-electron chi connectivity index (χ3n) is 3.68. The highest BCUT2D eigenvalue weighted by molar-refractivity contribution is 5.92. The summed E-state index contributed by atoms with van der Waals surface area (Å²) >= 11 is 0. The normalized spacial score (nSPS) is 10.9. The van der Waals surface area contributed by atoms with Crippen LogP contribution >= 0.6 is 0 Å². The Labute approximate surface area is 135 Å². The van der Waals surface area contributed by atoms with Crippen LogP contribution in [0.2, 0.25) is 0 Å². The largest absolute Gasteiger partial charge is 1.00 e. The van der Waals surface area contributed by atoms with Gasteiger partial charge in [-0.25, -0.2) is 14.3 Å². The highest BCUT2D eigenvalue weighted by Crippen LogP contribution is 2.20. The Bertz CT molecular complexity index is 820. The lowest BCUT2D eigenvalue weighted by Gasteiger charge is -1.98. The smallest absolute Gasteiger partial charge is 0.374 e. The average molecular weight is 322 g/mol. The fourth-order valence-corrected chi connectivity index (χ4v) is 2.87. The van der Waals surface area contributed by atoms with Crippen LogP contribution in [0.5, 0.6) is 0 Å². The molecule has 0 radical (unpaired) electrons. The van der Waals surface area contributed by atoms with Gasteiger partial charge in [-0.3, -0.25) is 0 Å². The zero-order valence-electron chi connectivity index (χ0n) is 13.0. The summed E-state index contributed by atoms with van der Waals surface area (Å²) in [6.07, 6.45) is 1.03. The Morgan fingerprint density at radius 1 is 1.32 bits per heavy atom. The second-order valence-electron chi connectivity index (χ2n) is 5.12. The Kier molecular flexibility index (Phi) is 4.76. The number of aromatic nitrogens is 3. The maximum absolute atomic E-state index is 12.3. The van der Waals surface area contributed by atoms with E-state index in [1.807, 2.05) is 36.4 Å². The molecule has 1 aromatic carbocycles. The predicted octanol–water partition coefficient (Wildman–Crippen LogP) is -0.393. The summed E-state index contributed by atoms with van der Waals surface area (Å²) in [6, 6.07) is 8.12. The van der Waals surface area contributed by atoms with Crippen molar-refractivity contribution in [2.45, 2.75) is 33.7 Å². The maximum Gasteiger partial charge on any atom is 0.374 e. The molecule has 2 aromatic heterocycles. The van der Waals surface area contributed by atoms with Crippen molar-refractivity contribution in [3.63, 3.8) is 0 Å². The van der Waals surface area contributed by atoms with E-state index in [-0.39, 0.29) is 18.4 Å². The molecule has 0 atom stereocenters. The standard InChI is InChI=1S/C16H19N3O2.ClH/c1-4-10-18-12-8-6-7-9-13(12)19-14(15(20)21-5-2)11(3)17-16(18)19;/h6-9H,4-5,10H2,1-3H3;1H. The number of carbonyl (C=O) groups excluding carboxylic acids is 1. The minimum atomic E-state index is -0.286. The second kappa shape index (κ2) is 6.40. The molecule has 0 aliphatic rings. The number of hydrogen-bond donors (Lipinski definition) is 1. The van der Waals surface area contributed by atoms with Gasteiger partial charge in [0, 0.05) is 0 Å². The molecule has 1 N–H and O–H groups in total. The molecule has 0 saturated carbocycles. The molecule has 2 heterocycles. The molecule has 0 unspecified atom stereocenters. The van der Waals surface area contributed by atoms with Crippen molar-refractivity contribution in [2.24, 2.45) is 0 Å². The van der Waals surface area contributed by atoms with Gasteiger partial charge in [-0.15, -0.1) is 0 Å². The summed E-state index contributed by atoms with van der Waals surface area (Å²) in [7, 11) is 0. The lowest BCUT2D eigenvalue weighted by Crippen LogP contribution is -3.00. The van der Waals surface area contributed by atoms with Crippen LogP contribution in [0.4, 0.5) is 0 Å². The molecule has 0 fully saturated rings. The number of halogens is 1. The predicted molar refractivity (Wildman–Crippen MR) is 80.4 cm³/mol. The van der Waals surface area contributed by atoms with E-state index >= 15 is 0 Å². The van der Waals surface area contributed by atoms with Crippen LogP contribution in [0, 0.1) is 6.92 Å². The number of aromatic amines is 1. The number of para-hydroxylation sites is 2. The van der Waals surface area contributed by atoms with E-state index in [1.54, 1.807) is 0 Å². The third kappa shape index (κ3) is 2.35. The van der Waals surface area contributed by atoms with E-state index in [2.05, 4.69) is 22.5 Å². The summed E-state index contributed by atoms with van der Waals surface area (Å²) in [5, 5.41) is 0. The van der Waals surface area contributed by atoms with Crippen molar-refractivity contribution < 1.29 is 26.5 Å². The van der Waals surface area contributed by atoms with Crippen molar-refractivity contribution in [1.82, 2.24) is 9.38 Å². The molecule has 0 amide bonds. The molecule has 0 aliphatic carbocycles. The molecular weight excluding hydrogens is 302 g/mol. The van der Waals surface area contributed by atoms with E-state index in [0.717, 1.165) is 35.5 Å². The zero-order valence-corrected chi connectivity index (χ0v) is 13.8. The molecule has 118 valence electrons. The number of carbonyl (C=O) groups is 1. The minimum Gasteiger partial charge on any atom is -1.00 e. The molecular formula is C16H20ClN3O2. The number of benzene rings is 1. The number of rotatable bonds is 4. The van der Waals surface area contributed by atoms with Crippen LogP contribution in [-0.4, -0.2) is 22.0 Å². The van der Waals surface area contributed by atoms with E-state index in [4.69, 9.17) is 4.74 Å². The van der Waals surface area contributed by atoms with Crippen LogP contribution in [0.3, 0.4) is 0 Å². The number of aryl methyl sites for hydroxylation is 2. The second-order valence-corrected chi connectivity index (χ2v) is 5.12. The quantitative estimate of drug-likeness (QED) is 0.525. The third-order valence-corrected chi connectivity index (χ3v) is 3.68. The Hall–Kier alpha value is -2.01. The number of nitrogens with one attached hydrogen (secondary N) is 1. The van der Waals surface area contributed by atoms with E-state index in [1.165, 1.54) is 0 Å². The first-order valence-corrected chi connectivity index (χ1v) is 7.37. The van der Waals surface area contributed by atoms with Gasteiger partial charge in [-0.1, -0.05) is 19.1 Å². The lowest BCUT2D eigenvalue weighted by molar-refractivity contribution is -0.647. The first kappa shape index (κ1) is 16.4.